The predicted octanol–water partition coefficient (Wildman–Crippen LogP) is 4.60. The molecule has 7 nitrogen and oxygen atoms in total. The summed E-state index contributed by atoms with van der Waals surface area (Å²) < 4.78 is 35.7. The molecule has 1 aromatic carbocycles. The third-order valence-corrected chi connectivity index (χ3v) is 6.29. The van der Waals surface area contributed by atoms with Crippen molar-refractivity contribution >= 4 is 11.6 Å². The molecule has 2 aliphatic rings. The lowest BCUT2D eigenvalue weighted by Gasteiger charge is -2.15. The van der Waals surface area contributed by atoms with E-state index in [0.29, 0.717) is 35.4 Å². The summed E-state index contributed by atoms with van der Waals surface area (Å²) in [4.78, 5) is 44.1. The molecule has 1 fully saturated rings. The molecule has 0 unspecified atom stereocenters. The van der Waals surface area contributed by atoms with E-state index >= 15 is 0 Å². The molecule has 0 amide bonds. The summed E-state index contributed by atoms with van der Waals surface area (Å²) in [5.41, 5.74) is 1.85. The highest BCUT2D eigenvalue weighted by atomic mass is 19.3. The number of ether oxygens (including phenoxy) is 2. The number of hydrogen-bond acceptors (Lipinski definition) is 6. The fourth-order valence-electron chi connectivity index (χ4n) is 4.28. The SMILES string of the molecule is CC(=O)c1cc(-c2nc(CC(=O)C3(c4ccc5c(c4)OC(F)(F)O5)CC3)ccc2C)c[nH]c1=O.[HH].[HH]. The highest BCUT2D eigenvalue weighted by Gasteiger charge is 2.52. The van der Waals surface area contributed by atoms with E-state index in [1.807, 2.05) is 13.0 Å². The molecule has 0 atom stereocenters. The number of nitrogens with zero attached hydrogens (tertiary/aromatic N) is 1. The number of fused-ring (bicyclic) bond motifs is 1. The third-order valence-electron chi connectivity index (χ3n) is 6.29. The van der Waals surface area contributed by atoms with Crippen LogP contribution >= 0.6 is 0 Å². The first-order valence-corrected chi connectivity index (χ1v) is 10.7. The zero-order chi connectivity index (χ0) is 24.3. The minimum absolute atomic E-state index is 0. The second-order valence-electron chi connectivity index (χ2n) is 8.67. The third kappa shape index (κ3) is 3.76. The van der Waals surface area contributed by atoms with Crippen LogP contribution in [0.3, 0.4) is 0 Å². The van der Waals surface area contributed by atoms with Gasteiger partial charge < -0.3 is 14.5 Å². The molecule has 1 aliphatic heterocycles. The number of alkyl halides is 2. The molecule has 0 bridgehead atoms. The van der Waals surface area contributed by atoms with Crippen molar-refractivity contribution in [3.8, 4) is 22.8 Å². The summed E-state index contributed by atoms with van der Waals surface area (Å²) in [5, 5.41) is 0. The van der Waals surface area contributed by atoms with Gasteiger partial charge in [0.2, 0.25) is 0 Å². The molecular formula is C25H24F2N2O5. The van der Waals surface area contributed by atoms with Gasteiger partial charge in [-0.15, -0.1) is 8.78 Å². The van der Waals surface area contributed by atoms with Gasteiger partial charge in [0.05, 0.1) is 16.7 Å². The normalized spacial score (nSPS) is 16.8. The summed E-state index contributed by atoms with van der Waals surface area (Å²) in [6.07, 6.45) is -0.986. The van der Waals surface area contributed by atoms with Gasteiger partial charge in [0.1, 0.15) is 5.78 Å². The zero-order valence-corrected chi connectivity index (χ0v) is 18.4. The van der Waals surface area contributed by atoms with E-state index in [9.17, 15) is 23.2 Å². The lowest BCUT2D eigenvalue weighted by atomic mass is 9.88. The maximum atomic E-state index is 13.4. The smallest absolute Gasteiger partial charge is 0.395 e. The van der Waals surface area contributed by atoms with Crippen LogP contribution in [-0.4, -0.2) is 27.8 Å². The standard InChI is InChI=1S/C25H20F2N2O5.2H2/c1-13-3-5-17(29-22(13)15-9-18(14(2)30)23(32)28-12-15)11-21(31)24(7-8-24)16-4-6-19-20(10-16)34-25(26,27)33-19;;/h3-6,9-10,12H,7-8,11H2,1-2H3,(H,28,32);2*1H. The van der Waals surface area contributed by atoms with Crippen LogP contribution in [0, 0.1) is 6.92 Å². The lowest BCUT2D eigenvalue weighted by molar-refractivity contribution is -0.286. The van der Waals surface area contributed by atoms with Crippen molar-refractivity contribution in [2.45, 2.75) is 44.8 Å². The van der Waals surface area contributed by atoms with Gasteiger partial charge in [-0.2, -0.15) is 0 Å². The van der Waals surface area contributed by atoms with Crippen LogP contribution in [0.25, 0.3) is 11.3 Å². The number of carbonyl (C=O) groups is 2. The Morgan fingerprint density at radius 3 is 2.56 bits per heavy atom. The van der Waals surface area contributed by atoms with Crippen molar-refractivity contribution in [1.29, 1.82) is 0 Å². The molecule has 2 aromatic heterocycles. The van der Waals surface area contributed by atoms with Gasteiger partial charge in [-0.3, -0.25) is 19.4 Å². The Kier molecular flexibility index (Phi) is 4.89. The molecule has 1 saturated carbocycles. The first-order chi connectivity index (χ1) is 16.1. The average molecular weight is 470 g/mol. The summed E-state index contributed by atoms with van der Waals surface area (Å²) in [5.74, 6) is -0.583. The molecule has 1 aliphatic carbocycles. The molecule has 0 radical (unpaired) electrons. The molecule has 178 valence electrons. The molecule has 3 aromatic rings. The zero-order valence-electron chi connectivity index (χ0n) is 18.4. The number of benzene rings is 1. The Bertz CT molecular complexity index is 1420. The van der Waals surface area contributed by atoms with Gasteiger partial charge in [-0.05, 0) is 62.1 Å². The molecule has 9 heteroatoms. The van der Waals surface area contributed by atoms with Gasteiger partial charge in [-0.25, -0.2) is 0 Å². The molecular weight excluding hydrogens is 446 g/mol. The molecule has 1 N–H and O–H groups in total. The highest BCUT2D eigenvalue weighted by Crippen LogP contribution is 2.52. The Balaban J connectivity index is 0.00000180. The first kappa shape index (κ1) is 21.9. The largest absolute Gasteiger partial charge is 0.586 e. The van der Waals surface area contributed by atoms with E-state index in [4.69, 9.17) is 0 Å². The Morgan fingerprint density at radius 1 is 1.12 bits per heavy atom. The van der Waals surface area contributed by atoms with Crippen molar-refractivity contribution in [1.82, 2.24) is 9.97 Å². The Morgan fingerprint density at radius 2 is 1.85 bits per heavy atom. The van der Waals surface area contributed by atoms with Crippen LogP contribution in [0.4, 0.5) is 8.78 Å². The van der Waals surface area contributed by atoms with E-state index in [-0.39, 0.29) is 37.9 Å². The summed E-state index contributed by atoms with van der Waals surface area (Å²) in [6.45, 7) is 3.16. The van der Waals surface area contributed by atoms with Crippen molar-refractivity contribution in [3.63, 3.8) is 0 Å². The summed E-state index contributed by atoms with van der Waals surface area (Å²) in [6, 6.07) is 9.53. The molecule has 34 heavy (non-hydrogen) atoms. The van der Waals surface area contributed by atoms with Crippen molar-refractivity contribution in [3.05, 3.63) is 75.3 Å². The Labute approximate surface area is 195 Å². The fraction of sp³-hybridized carbons (Fsp3) is 0.280. The average Bonchev–Trinajstić information content (AvgIpc) is 3.52. The van der Waals surface area contributed by atoms with E-state index < -0.39 is 17.3 Å². The first-order valence-electron chi connectivity index (χ1n) is 10.7. The molecule has 0 saturated heterocycles. The van der Waals surface area contributed by atoms with Crippen molar-refractivity contribution in [2.75, 3.05) is 0 Å². The lowest BCUT2D eigenvalue weighted by Crippen LogP contribution is -2.26. The van der Waals surface area contributed by atoms with Crippen LogP contribution in [0.1, 0.15) is 49.8 Å². The molecule has 0 spiro atoms. The number of halogens is 2. The van der Waals surface area contributed by atoms with Crippen molar-refractivity contribution in [2.24, 2.45) is 0 Å². The van der Waals surface area contributed by atoms with Crippen LogP contribution < -0.4 is 15.0 Å². The number of aryl methyl sites for hydroxylation is 1. The number of carbonyl (C=O) groups excluding carboxylic acids is 2. The fourth-order valence-corrected chi connectivity index (χ4v) is 4.28. The second kappa shape index (κ2) is 7.58. The number of ketones is 2. The maximum absolute atomic E-state index is 13.4. The number of aromatic nitrogens is 2. The summed E-state index contributed by atoms with van der Waals surface area (Å²) in [7, 11) is 0. The van der Waals surface area contributed by atoms with Crippen LogP contribution in [0.15, 0.2) is 47.4 Å². The van der Waals surface area contributed by atoms with Crippen LogP contribution in [0.2, 0.25) is 0 Å². The minimum Gasteiger partial charge on any atom is -0.395 e. The number of rotatable bonds is 6. The van der Waals surface area contributed by atoms with E-state index in [2.05, 4.69) is 19.4 Å². The minimum atomic E-state index is -3.71. The number of H-pyrrole nitrogens is 1. The van der Waals surface area contributed by atoms with Gasteiger partial charge in [0, 0.05) is 26.7 Å². The monoisotopic (exact) mass is 470 g/mol. The number of hydrogen-bond donors (Lipinski definition) is 1. The predicted molar refractivity (Wildman–Crippen MR) is 122 cm³/mol. The van der Waals surface area contributed by atoms with Gasteiger partial charge in [0.15, 0.2) is 17.3 Å². The van der Waals surface area contributed by atoms with Crippen LogP contribution in [0.5, 0.6) is 11.5 Å². The second-order valence-corrected chi connectivity index (χ2v) is 8.67. The molecule has 5 rings (SSSR count). The number of Topliss-reactive ketones (excluding diaryl/α,β-unsaturated/α-hetero) is 2. The van der Waals surface area contributed by atoms with Gasteiger partial charge in [0.25, 0.3) is 5.56 Å². The number of aromatic amines is 1. The summed E-state index contributed by atoms with van der Waals surface area (Å²) >= 11 is 0. The van der Waals surface area contributed by atoms with E-state index in [0.717, 1.165) is 5.56 Å². The number of nitrogens with one attached hydrogen (secondary N) is 1. The van der Waals surface area contributed by atoms with Gasteiger partial charge >= 0.3 is 6.29 Å². The maximum Gasteiger partial charge on any atom is 0.586 e. The topological polar surface area (TPSA) is 98.3 Å². The quantitative estimate of drug-likeness (QED) is 0.529. The van der Waals surface area contributed by atoms with E-state index in [1.165, 1.54) is 31.3 Å². The highest BCUT2D eigenvalue weighted by molar-refractivity contribution is 5.95. The Hall–Kier alpha value is -3.88. The van der Waals surface area contributed by atoms with Crippen LogP contribution in [-0.2, 0) is 16.6 Å². The van der Waals surface area contributed by atoms with E-state index in [1.54, 1.807) is 12.1 Å². The number of pyridine rings is 2. The van der Waals surface area contributed by atoms with Gasteiger partial charge in [-0.1, -0.05) is 12.1 Å². The van der Waals surface area contributed by atoms with Crippen molar-refractivity contribution < 1.29 is 30.7 Å². The molecule has 3 heterocycles.